The van der Waals surface area contributed by atoms with Crippen LogP contribution < -0.4 is 19.5 Å². The molecule has 0 saturated carbocycles. The van der Waals surface area contributed by atoms with Gasteiger partial charge in [-0.25, -0.2) is 0 Å². The van der Waals surface area contributed by atoms with Crippen molar-refractivity contribution >= 4 is 21.8 Å². The van der Waals surface area contributed by atoms with Crippen LogP contribution in [0.15, 0.2) is 48.5 Å². The van der Waals surface area contributed by atoms with Crippen molar-refractivity contribution in [3.05, 3.63) is 65.2 Å². The average molecular weight is 491 g/mol. The zero-order valence-electron chi connectivity index (χ0n) is 22.1. The number of aromatic amines is 1. The van der Waals surface area contributed by atoms with E-state index >= 15 is 0 Å². The van der Waals surface area contributed by atoms with Crippen LogP contribution in [-0.4, -0.2) is 48.1 Å². The molecule has 1 aromatic heterocycles. The highest BCUT2D eigenvalue weighted by Crippen LogP contribution is 2.34. The molecule has 4 rings (SSSR count). The van der Waals surface area contributed by atoms with Gasteiger partial charge in [-0.1, -0.05) is 18.2 Å². The number of fused-ring (bicyclic) bond motifs is 3. The predicted octanol–water partition coefficient (Wildman–Crippen LogP) is 5.83. The molecule has 0 aliphatic rings. The van der Waals surface area contributed by atoms with Crippen molar-refractivity contribution in [2.24, 2.45) is 0 Å². The van der Waals surface area contributed by atoms with E-state index in [1.54, 1.807) is 0 Å². The number of aryl methyl sites for hydroxylation is 3. The molecular weight excluding hydrogens is 452 g/mol. The predicted molar refractivity (Wildman–Crippen MR) is 147 cm³/mol. The third-order valence-corrected chi connectivity index (χ3v) is 6.69. The van der Waals surface area contributed by atoms with E-state index < -0.39 is 6.10 Å². The molecule has 0 saturated heterocycles. The van der Waals surface area contributed by atoms with Crippen LogP contribution in [0.25, 0.3) is 21.8 Å². The van der Waals surface area contributed by atoms with E-state index in [2.05, 4.69) is 42.3 Å². The lowest BCUT2D eigenvalue weighted by Gasteiger charge is -2.25. The lowest BCUT2D eigenvalue weighted by molar-refractivity contribution is 0.0728. The first-order valence-electron chi connectivity index (χ1n) is 12.7. The lowest BCUT2D eigenvalue weighted by atomic mass is 10.1. The van der Waals surface area contributed by atoms with E-state index in [1.807, 2.05) is 58.0 Å². The first-order chi connectivity index (χ1) is 17.3. The van der Waals surface area contributed by atoms with Gasteiger partial charge in [0, 0.05) is 28.4 Å². The highest BCUT2D eigenvalue weighted by molar-refractivity contribution is 6.10. The second kappa shape index (κ2) is 11.2. The summed E-state index contributed by atoms with van der Waals surface area (Å²) in [7, 11) is 0. The summed E-state index contributed by atoms with van der Waals surface area (Å²) in [6.45, 7) is 13.4. The Kier molecular flexibility index (Phi) is 8.07. The van der Waals surface area contributed by atoms with Gasteiger partial charge in [0.15, 0.2) is 11.5 Å². The molecule has 6 nitrogen and oxygen atoms in total. The number of hydrogen-bond acceptors (Lipinski definition) is 5. The van der Waals surface area contributed by atoms with Crippen LogP contribution in [0.4, 0.5) is 0 Å². The van der Waals surface area contributed by atoms with Gasteiger partial charge in [-0.05, 0) is 88.6 Å². The zero-order chi connectivity index (χ0) is 25.8. The minimum absolute atomic E-state index is 0.0204. The fourth-order valence-corrected chi connectivity index (χ4v) is 4.52. The number of hydrogen-bond donors (Lipinski definition) is 3. The van der Waals surface area contributed by atoms with Gasteiger partial charge < -0.3 is 29.6 Å². The van der Waals surface area contributed by atoms with Crippen LogP contribution in [-0.2, 0) is 0 Å². The van der Waals surface area contributed by atoms with Gasteiger partial charge in [0.25, 0.3) is 0 Å². The first-order valence-corrected chi connectivity index (χ1v) is 12.7. The Labute approximate surface area is 213 Å². The molecule has 6 heteroatoms. The molecule has 3 atom stereocenters. The molecule has 36 heavy (non-hydrogen) atoms. The Morgan fingerprint density at radius 3 is 2.33 bits per heavy atom. The molecule has 192 valence electrons. The molecule has 3 aromatic carbocycles. The number of H-pyrrole nitrogens is 1. The third-order valence-electron chi connectivity index (χ3n) is 6.69. The second-order valence-electron chi connectivity index (χ2n) is 9.67. The molecular formula is C30H38N2O4. The summed E-state index contributed by atoms with van der Waals surface area (Å²) in [4.78, 5) is 3.49. The maximum Gasteiger partial charge on any atom is 0.164 e. The molecule has 0 amide bonds. The van der Waals surface area contributed by atoms with Gasteiger partial charge in [0.1, 0.15) is 25.1 Å². The normalized spacial score (nSPS) is 14.1. The summed E-state index contributed by atoms with van der Waals surface area (Å²) in [6, 6.07) is 16.1. The summed E-state index contributed by atoms with van der Waals surface area (Å²) < 4.78 is 17.9. The molecule has 0 aliphatic carbocycles. The van der Waals surface area contributed by atoms with Crippen molar-refractivity contribution < 1.29 is 19.3 Å². The SMILES string of the molecule is CCOc1cccc(C)c1OCC(C)NC(C)C(O)COc1cccc2[nH]c3cc(C)c(C)cc3c12. The molecule has 0 radical (unpaired) electrons. The van der Waals surface area contributed by atoms with E-state index in [1.165, 1.54) is 11.1 Å². The van der Waals surface area contributed by atoms with Gasteiger partial charge in [0.05, 0.1) is 12.1 Å². The van der Waals surface area contributed by atoms with Crippen LogP contribution in [0.2, 0.25) is 0 Å². The number of benzene rings is 3. The molecule has 3 unspecified atom stereocenters. The van der Waals surface area contributed by atoms with Crippen molar-refractivity contribution in [2.45, 2.75) is 59.7 Å². The van der Waals surface area contributed by atoms with Gasteiger partial charge in [-0.3, -0.25) is 0 Å². The van der Waals surface area contributed by atoms with Gasteiger partial charge in [-0.2, -0.15) is 0 Å². The van der Waals surface area contributed by atoms with Crippen molar-refractivity contribution in [1.82, 2.24) is 10.3 Å². The summed E-state index contributed by atoms with van der Waals surface area (Å²) in [5, 5.41) is 16.4. The van der Waals surface area contributed by atoms with Crippen molar-refractivity contribution in [3.63, 3.8) is 0 Å². The first kappa shape index (κ1) is 25.9. The Hall–Kier alpha value is -3.22. The smallest absolute Gasteiger partial charge is 0.164 e. The van der Waals surface area contributed by atoms with Gasteiger partial charge >= 0.3 is 0 Å². The van der Waals surface area contributed by atoms with Crippen molar-refractivity contribution in [3.8, 4) is 17.2 Å². The van der Waals surface area contributed by atoms with Crippen LogP contribution in [0.5, 0.6) is 17.2 Å². The monoisotopic (exact) mass is 490 g/mol. The minimum Gasteiger partial charge on any atom is -0.490 e. The maximum atomic E-state index is 10.8. The summed E-state index contributed by atoms with van der Waals surface area (Å²) in [6.07, 6.45) is -0.686. The summed E-state index contributed by atoms with van der Waals surface area (Å²) in [5.41, 5.74) is 5.65. The Morgan fingerprint density at radius 1 is 0.833 bits per heavy atom. The van der Waals surface area contributed by atoms with E-state index in [0.29, 0.717) is 13.2 Å². The summed E-state index contributed by atoms with van der Waals surface area (Å²) in [5.74, 6) is 2.29. The molecule has 0 spiro atoms. The fourth-order valence-electron chi connectivity index (χ4n) is 4.52. The van der Waals surface area contributed by atoms with Crippen molar-refractivity contribution in [2.75, 3.05) is 19.8 Å². The molecule has 4 aromatic rings. The third kappa shape index (κ3) is 5.61. The fraction of sp³-hybridized carbons (Fsp3) is 0.400. The quantitative estimate of drug-likeness (QED) is 0.247. The highest BCUT2D eigenvalue weighted by atomic mass is 16.5. The van der Waals surface area contributed by atoms with Crippen molar-refractivity contribution in [1.29, 1.82) is 0 Å². The average Bonchev–Trinajstić information content (AvgIpc) is 3.20. The highest BCUT2D eigenvalue weighted by Gasteiger charge is 2.19. The number of rotatable bonds is 11. The molecule has 1 heterocycles. The number of aromatic nitrogens is 1. The largest absolute Gasteiger partial charge is 0.490 e. The van der Waals surface area contributed by atoms with Gasteiger partial charge in [-0.15, -0.1) is 0 Å². The van der Waals surface area contributed by atoms with E-state index in [0.717, 1.165) is 44.6 Å². The minimum atomic E-state index is -0.686. The molecule has 0 aliphatic heterocycles. The van der Waals surface area contributed by atoms with E-state index in [9.17, 15) is 5.11 Å². The zero-order valence-corrected chi connectivity index (χ0v) is 22.1. The number of para-hydroxylation sites is 1. The number of aliphatic hydroxyl groups is 1. The number of nitrogens with one attached hydrogen (secondary N) is 2. The lowest BCUT2D eigenvalue weighted by Crippen LogP contribution is -2.46. The van der Waals surface area contributed by atoms with Crippen LogP contribution in [0.1, 0.15) is 37.5 Å². The van der Waals surface area contributed by atoms with Gasteiger partial charge in [0.2, 0.25) is 0 Å². The Bertz CT molecular complexity index is 1330. The standard InChI is InChI=1S/C30H38N2O4/c1-7-34-28-13-8-10-18(2)30(28)36-16-21(5)31-22(6)26(33)17-35-27-12-9-11-24-29(27)23-14-19(3)20(4)15-25(23)32-24/h8-15,21-22,26,31-33H,7,16-17H2,1-6H3. The van der Waals surface area contributed by atoms with E-state index in [4.69, 9.17) is 14.2 Å². The number of aliphatic hydroxyl groups excluding tert-OH is 1. The second-order valence-corrected chi connectivity index (χ2v) is 9.67. The van der Waals surface area contributed by atoms with Crippen LogP contribution in [0.3, 0.4) is 0 Å². The maximum absolute atomic E-state index is 10.8. The van der Waals surface area contributed by atoms with Crippen LogP contribution in [0, 0.1) is 20.8 Å². The number of ether oxygens (including phenoxy) is 3. The Morgan fingerprint density at radius 2 is 1.56 bits per heavy atom. The Balaban J connectivity index is 1.37. The summed E-state index contributed by atoms with van der Waals surface area (Å²) >= 11 is 0. The van der Waals surface area contributed by atoms with Crippen LogP contribution >= 0.6 is 0 Å². The molecule has 3 N–H and O–H groups in total. The van der Waals surface area contributed by atoms with E-state index in [-0.39, 0.29) is 18.7 Å². The molecule has 0 bridgehead atoms. The molecule has 0 fully saturated rings. The topological polar surface area (TPSA) is 75.7 Å².